The van der Waals surface area contributed by atoms with Gasteiger partial charge in [0.15, 0.2) is 0 Å². The number of aryl methyl sites for hydroxylation is 1. The Morgan fingerprint density at radius 2 is 2.33 bits per heavy atom. The Labute approximate surface area is 95.8 Å². The first-order valence-corrected chi connectivity index (χ1v) is 5.62. The first-order valence-electron chi connectivity index (χ1n) is 5.24. The number of rotatable bonds is 3. The molecule has 0 unspecified atom stereocenters. The minimum Gasteiger partial charge on any atom is -0.383 e. The molecule has 0 spiro atoms. The molecule has 3 heteroatoms. The van der Waals surface area contributed by atoms with Gasteiger partial charge in [-0.1, -0.05) is 17.7 Å². The molecule has 82 valence electrons. The second-order valence-corrected chi connectivity index (χ2v) is 4.45. The highest BCUT2D eigenvalue weighted by Gasteiger charge is 2.29. The first kappa shape index (κ1) is 10.8. The highest BCUT2D eigenvalue weighted by atomic mass is 35.5. The fourth-order valence-electron chi connectivity index (χ4n) is 1.97. The minimum absolute atomic E-state index is 0.495. The van der Waals surface area contributed by atoms with Crippen molar-refractivity contribution in [1.29, 1.82) is 0 Å². The van der Waals surface area contributed by atoms with Crippen molar-refractivity contribution < 1.29 is 4.74 Å². The molecular formula is C12H16ClNO. The van der Waals surface area contributed by atoms with E-state index in [1.54, 1.807) is 7.11 Å². The SMILES string of the molecule is COC[C@@H]1CCN1c1cc(C)ccc1Cl. The van der Waals surface area contributed by atoms with Crippen molar-refractivity contribution in [2.24, 2.45) is 0 Å². The molecule has 0 amide bonds. The molecule has 1 aliphatic heterocycles. The molecule has 0 radical (unpaired) electrons. The van der Waals surface area contributed by atoms with E-state index in [1.165, 1.54) is 12.0 Å². The van der Waals surface area contributed by atoms with Crippen LogP contribution in [0, 0.1) is 6.92 Å². The average molecular weight is 226 g/mol. The Kier molecular flexibility index (Phi) is 3.17. The van der Waals surface area contributed by atoms with Crippen LogP contribution in [0.25, 0.3) is 0 Å². The van der Waals surface area contributed by atoms with Crippen LogP contribution in [-0.4, -0.2) is 26.3 Å². The van der Waals surface area contributed by atoms with Crippen molar-refractivity contribution in [3.8, 4) is 0 Å². The Morgan fingerprint density at radius 3 is 2.93 bits per heavy atom. The van der Waals surface area contributed by atoms with Crippen LogP contribution in [0.1, 0.15) is 12.0 Å². The van der Waals surface area contributed by atoms with E-state index in [1.807, 2.05) is 12.1 Å². The first-order chi connectivity index (χ1) is 7.22. The van der Waals surface area contributed by atoms with Gasteiger partial charge in [-0.3, -0.25) is 0 Å². The molecule has 15 heavy (non-hydrogen) atoms. The summed E-state index contributed by atoms with van der Waals surface area (Å²) in [6.45, 7) is 3.95. The van der Waals surface area contributed by atoms with Crippen molar-refractivity contribution in [1.82, 2.24) is 0 Å². The van der Waals surface area contributed by atoms with Crippen LogP contribution in [0.3, 0.4) is 0 Å². The largest absolute Gasteiger partial charge is 0.383 e. The maximum Gasteiger partial charge on any atom is 0.0666 e. The molecule has 0 aliphatic carbocycles. The van der Waals surface area contributed by atoms with E-state index in [0.29, 0.717) is 6.04 Å². The van der Waals surface area contributed by atoms with E-state index in [4.69, 9.17) is 16.3 Å². The molecule has 1 atom stereocenters. The zero-order valence-electron chi connectivity index (χ0n) is 9.16. The van der Waals surface area contributed by atoms with Gasteiger partial charge >= 0.3 is 0 Å². The van der Waals surface area contributed by atoms with Crippen LogP contribution < -0.4 is 4.90 Å². The summed E-state index contributed by atoms with van der Waals surface area (Å²) in [6.07, 6.45) is 1.19. The Hall–Kier alpha value is -0.730. The topological polar surface area (TPSA) is 12.5 Å². The number of hydrogen-bond donors (Lipinski definition) is 0. The van der Waals surface area contributed by atoms with Gasteiger partial charge in [0.1, 0.15) is 0 Å². The number of anilines is 1. The summed E-state index contributed by atoms with van der Waals surface area (Å²) in [5.41, 5.74) is 2.39. The van der Waals surface area contributed by atoms with Gasteiger partial charge in [-0.05, 0) is 31.0 Å². The van der Waals surface area contributed by atoms with Gasteiger partial charge < -0.3 is 9.64 Å². The number of nitrogens with zero attached hydrogens (tertiary/aromatic N) is 1. The van der Waals surface area contributed by atoms with E-state index in [9.17, 15) is 0 Å². The number of halogens is 1. The molecule has 1 aromatic carbocycles. The zero-order valence-corrected chi connectivity index (χ0v) is 9.92. The van der Waals surface area contributed by atoms with Crippen LogP contribution in [0.2, 0.25) is 5.02 Å². The van der Waals surface area contributed by atoms with Crippen molar-refractivity contribution in [2.75, 3.05) is 25.2 Å². The maximum atomic E-state index is 6.19. The van der Waals surface area contributed by atoms with Gasteiger partial charge in [-0.2, -0.15) is 0 Å². The van der Waals surface area contributed by atoms with Gasteiger partial charge in [-0.25, -0.2) is 0 Å². The summed E-state index contributed by atoms with van der Waals surface area (Å²) < 4.78 is 5.18. The summed E-state index contributed by atoms with van der Waals surface area (Å²) in [7, 11) is 1.74. The lowest BCUT2D eigenvalue weighted by molar-refractivity contribution is 0.157. The van der Waals surface area contributed by atoms with Gasteiger partial charge in [-0.15, -0.1) is 0 Å². The molecule has 1 aromatic rings. The van der Waals surface area contributed by atoms with Crippen LogP contribution >= 0.6 is 11.6 Å². The monoisotopic (exact) mass is 225 g/mol. The quantitative estimate of drug-likeness (QED) is 0.785. The van der Waals surface area contributed by atoms with E-state index in [0.717, 1.165) is 23.9 Å². The van der Waals surface area contributed by atoms with E-state index >= 15 is 0 Å². The molecule has 0 N–H and O–H groups in total. The molecule has 1 saturated heterocycles. The second-order valence-electron chi connectivity index (χ2n) is 4.05. The van der Waals surface area contributed by atoms with E-state index < -0.39 is 0 Å². The molecule has 1 fully saturated rings. The Balaban J connectivity index is 2.18. The molecule has 2 rings (SSSR count). The maximum absolute atomic E-state index is 6.19. The number of benzene rings is 1. The fraction of sp³-hybridized carbons (Fsp3) is 0.500. The predicted octanol–water partition coefficient (Wildman–Crippen LogP) is 2.87. The number of ether oxygens (including phenoxy) is 1. The summed E-state index contributed by atoms with van der Waals surface area (Å²) in [4.78, 5) is 2.32. The highest BCUT2D eigenvalue weighted by molar-refractivity contribution is 6.33. The molecule has 2 nitrogen and oxygen atoms in total. The summed E-state index contributed by atoms with van der Waals surface area (Å²) >= 11 is 6.19. The van der Waals surface area contributed by atoms with Gasteiger partial charge in [0.25, 0.3) is 0 Å². The lowest BCUT2D eigenvalue weighted by Crippen LogP contribution is -2.50. The van der Waals surface area contributed by atoms with Crippen molar-refractivity contribution in [3.05, 3.63) is 28.8 Å². The van der Waals surface area contributed by atoms with E-state index in [2.05, 4.69) is 17.9 Å². The van der Waals surface area contributed by atoms with Crippen molar-refractivity contribution in [3.63, 3.8) is 0 Å². The molecule has 1 heterocycles. The fourth-order valence-corrected chi connectivity index (χ4v) is 2.19. The zero-order chi connectivity index (χ0) is 10.8. The third-order valence-corrected chi connectivity index (χ3v) is 3.23. The number of hydrogen-bond acceptors (Lipinski definition) is 2. The van der Waals surface area contributed by atoms with Gasteiger partial charge in [0.2, 0.25) is 0 Å². The minimum atomic E-state index is 0.495. The van der Waals surface area contributed by atoms with Crippen LogP contribution in [0.15, 0.2) is 18.2 Å². The predicted molar refractivity (Wildman–Crippen MR) is 63.8 cm³/mol. The smallest absolute Gasteiger partial charge is 0.0666 e. The van der Waals surface area contributed by atoms with Crippen molar-refractivity contribution in [2.45, 2.75) is 19.4 Å². The molecular weight excluding hydrogens is 210 g/mol. The van der Waals surface area contributed by atoms with Gasteiger partial charge in [0.05, 0.1) is 23.4 Å². The number of methoxy groups -OCH3 is 1. The standard InChI is InChI=1S/C12H16ClNO/c1-9-3-4-11(13)12(7-9)14-6-5-10(14)8-15-2/h3-4,7,10H,5-6,8H2,1-2H3/t10-/m0/s1. The van der Waals surface area contributed by atoms with Crippen LogP contribution in [-0.2, 0) is 4.74 Å². The molecule has 0 aromatic heterocycles. The summed E-state index contributed by atoms with van der Waals surface area (Å²) in [6, 6.07) is 6.64. The van der Waals surface area contributed by atoms with Gasteiger partial charge in [0, 0.05) is 13.7 Å². The third kappa shape index (κ3) is 2.11. The molecule has 1 aliphatic rings. The Bertz CT molecular complexity index is 353. The van der Waals surface area contributed by atoms with Crippen LogP contribution in [0.5, 0.6) is 0 Å². The highest BCUT2D eigenvalue weighted by Crippen LogP contribution is 2.33. The lowest BCUT2D eigenvalue weighted by atomic mass is 10.0. The van der Waals surface area contributed by atoms with Crippen molar-refractivity contribution >= 4 is 17.3 Å². The van der Waals surface area contributed by atoms with E-state index in [-0.39, 0.29) is 0 Å². The molecule has 0 bridgehead atoms. The second kappa shape index (κ2) is 4.42. The Morgan fingerprint density at radius 1 is 1.53 bits per heavy atom. The summed E-state index contributed by atoms with van der Waals surface area (Å²) in [5, 5.41) is 0.835. The third-order valence-electron chi connectivity index (χ3n) is 2.91. The lowest BCUT2D eigenvalue weighted by Gasteiger charge is -2.43. The average Bonchev–Trinajstić information content (AvgIpc) is 2.18. The van der Waals surface area contributed by atoms with Crippen LogP contribution in [0.4, 0.5) is 5.69 Å². The normalized spacial score (nSPS) is 20.2. The summed E-state index contributed by atoms with van der Waals surface area (Å²) in [5.74, 6) is 0. The molecule has 0 saturated carbocycles.